The summed E-state index contributed by atoms with van der Waals surface area (Å²) < 4.78 is 17.1. The number of nitrogens with zero attached hydrogens (tertiary/aromatic N) is 4. The van der Waals surface area contributed by atoms with E-state index in [9.17, 15) is 0 Å². The van der Waals surface area contributed by atoms with Crippen molar-refractivity contribution in [3.63, 3.8) is 0 Å². The van der Waals surface area contributed by atoms with Gasteiger partial charge >= 0.3 is 0 Å². The minimum absolute atomic E-state index is 0.712. The molecule has 214 valence electrons. The molecule has 2 aliphatic heterocycles. The van der Waals surface area contributed by atoms with Crippen LogP contribution in [0.5, 0.6) is 23.0 Å². The standard InChI is InChI=1S/C38H24N4O2S/c1-5-13-33-29(9-1)41(30-10-2-6-14-34(30)43-33)27-21-17-25(18-22-27)37-39-38(45-40-37)26-19-23-28(24-20-26)42-31-11-3-7-15-35(31)44-36-16-8-4-12-32(36)42/h1-24H. The average Bonchev–Trinajstić information content (AvgIpc) is 3.60. The minimum atomic E-state index is 0.712. The van der Waals surface area contributed by atoms with Gasteiger partial charge in [0.1, 0.15) is 5.01 Å². The van der Waals surface area contributed by atoms with Gasteiger partial charge in [0, 0.05) is 22.5 Å². The smallest absolute Gasteiger partial charge is 0.173 e. The third-order valence-electron chi connectivity index (χ3n) is 8.05. The summed E-state index contributed by atoms with van der Waals surface area (Å²) in [6.45, 7) is 0. The van der Waals surface area contributed by atoms with Crippen LogP contribution in [-0.2, 0) is 0 Å². The molecule has 1 aromatic heterocycles. The van der Waals surface area contributed by atoms with Gasteiger partial charge in [-0.1, -0.05) is 48.5 Å². The predicted molar refractivity (Wildman–Crippen MR) is 180 cm³/mol. The number of anilines is 6. The fourth-order valence-electron chi connectivity index (χ4n) is 5.94. The lowest BCUT2D eigenvalue weighted by atomic mass is 10.1. The second kappa shape index (κ2) is 10.4. The van der Waals surface area contributed by atoms with Crippen molar-refractivity contribution in [1.29, 1.82) is 0 Å². The molecule has 0 saturated carbocycles. The van der Waals surface area contributed by atoms with Gasteiger partial charge in [0.25, 0.3) is 0 Å². The molecule has 0 spiro atoms. The van der Waals surface area contributed by atoms with E-state index in [4.69, 9.17) is 18.8 Å². The van der Waals surface area contributed by atoms with Crippen molar-refractivity contribution in [3.05, 3.63) is 146 Å². The third-order valence-corrected chi connectivity index (χ3v) is 8.81. The molecule has 0 unspecified atom stereocenters. The molecule has 6 aromatic carbocycles. The van der Waals surface area contributed by atoms with Crippen LogP contribution < -0.4 is 19.3 Å². The zero-order valence-corrected chi connectivity index (χ0v) is 24.7. The maximum Gasteiger partial charge on any atom is 0.173 e. The fourth-order valence-corrected chi connectivity index (χ4v) is 6.62. The molecule has 0 saturated heterocycles. The van der Waals surface area contributed by atoms with Gasteiger partial charge in [0.05, 0.1) is 22.7 Å². The molecule has 0 radical (unpaired) electrons. The highest BCUT2D eigenvalue weighted by Crippen LogP contribution is 2.51. The maximum absolute atomic E-state index is 6.17. The lowest BCUT2D eigenvalue weighted by Crippen LogP contribution is -2.15. The van der Waals surface area contributed by atoms with Crippen molar-refractivity contribution in [2.45, 2.75) is 0 Å². The highest BCUT2D eigenvalue weighted by molar-refractivity contribution is 7.09. The average molecular weight is 601 g/mol. The first kappa shape index (κ1) is 25.6. The molecule has 0 atom stereocenters. The molecule has 2 aliphatic rings. The Hall–Kier alpha value is -5.92. The minimum Gasteiger partial charge on any atom is -0.453 e. The molecule has 0 aliphatic carbocycles. The second-order valence-electron chi connectivity index (χ2n) is 10.8. The molecule has 0 fully saturated rings. The maximum atomic E-state index is 6.17. The van der Waals surface area contributed by atoms with Crippen molar-refractivity contribution in [2.75, 3.05) is 9.80 Å². The fraction of sp³-hybridized carbons (Fsp3) is 0. The van der Waals surface area contributed by atoms with Crippen molar-refractivity contribution in [1.82, 2.24) is 9.36 Å². The number of aromatic nitrogens is 2. The van der Waals surface area contributed by atoms with Crippen LogP contribution in [0, 0.1) is 0 Å². The molecule has 7 heteroatoms. The SMILES string of the molecule is c1ccc2c(c1)Oc1ccccc1N2c1ccc(-c2nsc(-c3ccc(N4c5ccccc5Oc5ccccc54)cc3)n2)cc1. The number of hydrogen-bond acceptors (Lipinski definition) is 7. The van der Waals surface area contributed by atoms with Crippen LogP contribution in [0.1, 0.15) is 0 Å². The highest BCUT2D eigenvalue weighted by Gasteiger charge is 2.26. The van der Waals surface area contributed by atoms with Crippen molar-refractivity contribution in [2.24, 2.45) is 0 Å². The van der Waals surface area contributed by atoms with E-state index in [2.05, 4.69) is 82.6 Å². The normalized spacial score (nSPS) is 12.7. The van der Waals surface area contributed by atoms with Crippen molar-refractivity contribution >= 4 is 45.7 Å². The summed E-state index contributed by atoms with van der Waals surface area (Å²) >= 11 is 1.41. The lowest BCUT2D eigenvalue weighted by Gasteiger charge is -2.32. The quantitative estimate of drug-likeness (QED) is 0.200. The van der Waals surface area contributed by atoms with Crippen LogP contribution in [-0.4, -0.2) is 9.36 Å². The molecule has 9 rings (SSSR count). The number of ether oxygens (including phenoxy) is 2. The zero-order chi connectivity index (χ0) is 29.7. The highest BCUT2D eigenvalue weighted by atomic mass is 32.1. The molecule has 6 nitrogen and oxygen atoms in total. The first-order valence-corrected chi connectivity index (χ1v) is 15.4. The van der Waals surface area contributed by atoms with Gasteiger partial charge in [-0.3, -0.25) is 0 Å². The Morgan fingerprint density at radius 3 is 1.22 bits per heavy atom. The van der Waals surface area contributed by atoms with Gasteiger partial charge in [0.2, 0.25) is 0 Å². The number of rotatable bonds is 4. The summed E-state index contributed by atoms with van der Waals surface area (Å²) in [7, 11) is 0. The van der Waals surface area contributed by atoms with E-state index < -0.39 is 0 Å². The number of benzene rings is 6. The first-order valence-electron chi connectivity index (χ1n) is 14.7. The number of fused-ring (bicyclic) bond motifs is 4. The zero-order valence-electron chi connectivity index (χ0n) is 23.9. The largest absolute Gasteiger partial charge is 0.453 e. The Kier molecular flexibility index (Phi) is 5.89. The molecule has 45 heavy (non-hydrogen) atoms. The Balaban J connectivity index is 1.00. The summed E-state index contributed by atoms with van der Waals surface area (Å²) in [5, 5.41) is 0.874. The van der Waals surface area contributed by atoms with E-state index in [1.807, 2.05) is 72.8 Å². The van der Waals surface area contributed by atoms with Gasteiger partial charge in [0.15, 0.2) is 28.8 Å². The number of hydrogen-bond donors (Lipinski definition) is 0. The monoisotopic (exact) mass is 600 g/mol. The van der Waals surface area contributed by atoms with Crippen LogP contribution in [0.3, 0.4) is 0 Å². The summed E-state index contributed by atoms with van der Waals surface area (Å²) in [5.41, 5.74) is 8.11. The Labute approximate surface area is 264 Å². The van der Waals surface area contributed by atoms with Gasteiger partial charge in [-0.15, -0.1) is 0 Å². The Bertz CT molecular complexity index is 1950. The van der Waals surface area contributed by atoms with Crippen LogP contribution in [0.2, 0.25) is 0 Å². The van der Waals surface area contributed by atoms with E-state index in [0.717, 1.165) is 73.3 Å². The van der Waals surface area contributed by atoms with E-state index in [1.165, 1.54) is 11.5 Å². The Morgan fingerprint density at radius 1 is 0.422 bits per heavy atom. The van der Waals surface area contributed by atoms with Crippen LogP contribution in [0.4, 0.5) is 34.1 Å². The van der Waals surface area contributed by atoms with Gasteiger partial charge in [-0.25, -0.2) is 4.98 Å². The van der Waals surface area contributed by atoms with Gasteiger partial charge < -0.3 is 19.3 Å². The first-order chi connectivity index (χ1) is 22.3. The molecular weight excluding hydrogens is 577 g/mol. The van der Waals surface area contributed by atoms with Gasteiger partial charge in [-0.05, 0) is 109 Å². The van der Waals surface area contributed by atoms with E-state index in [0.29, 0.717) is 5.82 Å². The van der Waals surface area contributed by atoms with Crippen molar-refractivity contribution < 1.29 is 9.47 Å². The second-order valence-corrected chi connectivity index (χ2v) is 11.5. The Morgan fingerprint density at radius 2 is 0.800 bits per heavy atom. The number of para-hydroxylation sites is 8. The molecule has 0 amide bonds. The van der Waals surface area contributed by atoms with E-state index >= 15 is 0 Å². The summed E-state index contributed by atoms with van der Waals surface area (Å²) in [6, 6.07) is 49.3. The van der Waals surface area contributed by atoms with Crippen LogP contribution >= 0.6 is 11.5 Å². The van der Waals surface area contributed by atoms with Crippen LogP contribution in [0.15, 0.2) is 146 Å². The van der Waals surface area contributed by atoms with Gasteiger partial charge in [-0.2, -0.15) is 4.37 Å². The van der Waals surface area contributed by atoms with E-state index in [1.54, 1.807) is 0 Å². The summed E-state index contributed by atoms with van der Waals surface area (Å²) in [6.07, 6.45) is 0. The summed E-state index contributed by atoms with van der Waals surface area (Å²) in [5.74, 6) is 4.05. The third kappa shape index (κ3) is 4.32. The van der Waals surface area contributed by atoms with Crippen LogP contribution in [0.25, 0.3) is 22.0 Å². The molecular formula is C38H24N4O2S. The predicted octanol–water partition coefficient (Wildman–Crippen LogP) is 11.0. The van der Waals surface area contributed by atoms with E-state index in [-0.39, 0.29) is 0 Å². The molecule has 3 heterocycles. The van der Waals surface area contributed by atoms with Crippen molar-refractivity contribution in [3.8, 4) is 45.0 Å². The molecule has 7 aromatic rings. The molecule has 0 bridgehead atoms. The lowest BCUT2D eigenvalue weighted by molar-refractivity contribution is 0.477. The topological polar surface area (TPSA) is 50.7 Å². The summed E-state index contributed by atoms with van der Waals surface area (Å²) in [4.78, 5) is 9.38. The molecule has 0 N–H and O–H groups in total.